The smallest absolute Gasteiger partial charge is 0.237 e. The number of rotatable bonds is 4. The minimum atomic E-state index is 0.156. The highest BCUT2D eigenvalue weighted by molar-refractivity contribution is 9.10. The zero-order valence-corrected chi connectivity index (χ0v) is 12.9. The third-order valence-electron chi connectivity index (χ3n) is 2.35. The van der Waals surface area contributed by atoms with E-state index in [0.29, 0.717) is 10.4 Å². The molecule has 6 heteroatoms. The number of aromatic nitrogens is 2. The summed E-state index contributed by atoms with van der Waals surface area (Å²) >= 11 is 9.12. The Morgan fingerprint density at radius 2 is 2.05 bits per heavy atom. The van der Waals surface area contributed by atoms with E-state index in [2.05, 4.69) is 30.8 Å². The fourth-order valence-electron chi connectivity index (χ4n) is 1.58. The number of halogens is 2. The van der Waals surface area contributed by atoms with Gasteiger partial charge in [0.05, 0.1) is 4.47 Å². The molecule has 0 spiro atoms. The maximum Gasteiger partial charge on any atom is 0.237 e. The zero-order chi connectivity index (χ0) is 13.8. The Morgan fingerprint density at radius 3 is 2.79 bits per heavy atom. The summed E-state index contributed by atoms with van der Waals surface area (Å²) in [4.78, 5) is 10.0. The lowest BCUT2D eigenvalue weighted by Gasteiger charge is -2.14. The molecular formula is C13H13BrClN3O. The first-order valence-corrected chi connectivity index (χ1v) is 6.82. The van der Waals surface area contributed by atoms with E-state index in [4.69, 9.17) is 16.3 Å². The van der Waals surface area contributed by atoms with E-state index >= 15 is 0 Å². The summed E-state index contributed by atoms with van der Waals surface area (Å²) in [6.07, 6.45) is 1.57. The van der Waals surface area contributed by atoms with Gasteiger partial charge in [-0.25, -0.2) is 4.98 Å². The van der Waals surface area contributed by atoms with Gasteiger partial charge in [-0.05, 0) is 47.7 Å². The van der Waals surface area contributed by atoms with Crippen LogP contribution in [0.25, 0.3) is 0 Å². The summed E-state index contributed by atoms with van der Waals surface area (Å²) < 4.78 is 6.48. The van der Waals surface area contributed by atoms with E-state index < -0.39 is 0 Å². The molecule has 0 unspecified atom stereocenters. The molecule has 0 aliphatic carbocycles. The maximum atomic E-state index is 5.81. The summed E-state index contributed by atoms with van der Waals surface area (Å²) in [5, 5.41) is 0.156. The van der Waals surface area contributed by atoms with Gasteiger partial charge >= 0.3 is 0 Å². The number of para-hydroxylation sites is 1. The Kier molecular flexibility index (Phi) is 4.74. The van der Waals surface area contributed by atoms with E-state index in [1.54, 1.807) is 6.20 Å². The molecule has 100 valence electrons. The molecule has 0 aliphatic rings. The molecule has 0 saturated carbocycles. The number of benzene rings is 1. The van der Waals surface area contributed by atoms with Gasteiger partial charge in [0.15, 0.2) is 0 Å². The van der Waals surface area contributed by atoms with Gasteiger partial charge in [0.1, 0.15) is 5.75 Å². The molecule has 0 fully saturated rings. The Balaban J connectivity index is 2.30. The Bertz CT molecular complexity index is 578. The molecule has 0 N–H and O–H groups in total. The molecule has 1 heterocycles. The normalized spacial score (nSPS) is 10.8. The van der Waals surface area contributed by atoms with Gasteiger partial charge in [-0.2, -0.15) is 4.98 Å². The van der Waals surface area contributed by atoms with Gasteiger partial charge in [-0.15, -0.1) is 0 Å². The van der Waals surface area contributed by atoms with E-state index in [1.807, 2.05) is 38.4 Å². The first-order valence-electron chi connectivity index (χ1n) is 5.65. The lowest BCUT2D eigenvalue weighted by atomic mass is 10.2. The van der Waals surface area contributed by atoms with Crippen molar-refractivity contribution in [2.75, 3.05) is 14.1 Å². The molecule has 1 aromatic carbocycles. The molecule has 2 rings (SSSR count). The van der Waals surface area contributed by atoms with Crippen molar-refractivity contribution in [3.8, 4) is 11.6 Å². The topological polar surface area (TPSA) is 38.2 Å². The second-order valence-corrected chi connectivity index (χ2v) is 5.43. The molecular weight excluding hydrogens is 330 g/mol. The highest BCUT2D eigenvalue weighted by atomic mass is 79.9. The standard InChI is InChI=1S/C13H13BrClN3O/c1-18(2)8-9-5-3-4-6-11(9)19-12-10(14)7-16-13(15)17-12/h3-7H,8H2,1-2H3. The second-order valence-electron chi connectivity index (χ2n) is 4.24. The highest BCUT2D eigenvalue weighted by Crippen LogP contribution is 2.30. The van der Waals surface area contributed by atoms with Crippen LogP contribution >= 0.6 is 27.5 Å². The minimum absolute atomic E-state index is 0.156. The summed E-state index contributed by atoms with van der Waals surface area (Å²) in [5.74, 6) is 1.16. The van der Waals surface area contributed by atoms with E-state index in [0.717, 1.165) is 17.9 Å². The van der Waals surface area contributed by atoms with Gasteiger partial charge < -0.3 is 9.64 Å². The van der Waals surface area contributed by atoms with Crippen LogP contribution in [-0.4, -0.2) is 29.0 Å². The predicted molar refractivity (Wildman–Crippen MR) is 78.6 cm³/mol. The van der Waals surface area contributed by atoms with E-state index in [-0.39, 0.29) is 5.28 Å². The van der Waals surface area contributed by atoms with Crippen molar-refractivity contribution in [1.29, 1.82) is 0 Å². The van der Waals surface area contributed by atoms with Crippen LogP contribution in [0, 0.1) is 0 Å². The molecule has 0 atom stereocenters. The van der Waals surface area contributed by atoms with Crippen LogP contribution in [0.1, 0.15) is 5.56 Å². The molecule has 0 aliphatic heterocycles. The maximum absolute atomic E-state index is 5.81. The van der Waals surface area contributed by atoms with Crippen molar-refractivity contribution in [3.05, 3.63) is 45.8 Å². The summed E-state index contributed by atoms with van der Waals surface area (Å²) in [6, 6.07) is 7.83. The van der Waals surface area contributed by atoms with Gasteiger partial charge in [0.2, 0.25) is 11.2 Å². The molecule has 0 saturated heterocycles. The molecule has 19 heavy (non-hydrogen) atoms. The van der Waals surface area contributed by atoms with E-state index in [9.17, 15) is 0 Å². The molecule has 0 bridgehead atoms. The molecule has 2 aromatic rings. The van der Waals surface area contributed by atoms with Gasteiger partial charge in [0, 0.05) is 18.3 Å². The largest absolute Gasteiger partial charge is 0.437 e. The van der Waals surface area contributed by atoms with Gasteiger partial charge in [0.25, 0.3) is 0 Å². The summed E-state index contributed by atoms with van der Waals surface area (Å²) in [7, 11) is 4.02. The zero-order valence-electron chi connectivity index (χ0n) is 10.6. The number of hydrogen-bond donors (Lipinski definition) is 0. The lowest BCUT2D eigenvalue weighted by molar-refractivity contribution is 0.385. The fraction of sp³-hybridized carbons (Fsp3) is 0.231. The van der Waals surface area contributed by atoms with Crippen molar-refractivity contribution in [2.24, 2.45) is 0 Å². The van der Waals surface area contributed by atoms with Crippen LogP contribution in [-0.2, 0) is 6.54 Å². The van der Waals surface area contributed by atoms with Crippen LogP contribution in [0.4, 0.5) is 0 Å². The van der Waals surface area contributed by atoms with Crippen LogP contribution < -0.4 is 4.74 Å². The van der Waals surface area contributed by atoms with Crippen molar-refractivity contribution in [3.63, 3.8) is 0 Å². The Hall–Kier alpha value is -1.17. The number of ether oxygens (including phenoxy) is 1. The number of nitrogens with zero attached hydrogens (tertiary/aromatic N) is 3. The molecule has 0 radical (unpaired) electrons. The lowest BCUT2D eigenvalue weighted by Crippen LogP contribution is -2.11. The van der Waals surface area contributed by atoms with Crippen LogP contribution in [0.15, 0.2) is 34.9 Å². The quantitative estimate of drug-likeness (QED) is 0.793. The van der Waals surface area contributed by atoms with Crippen LogP contribution in [0.2, 0.25) is 5.28 Å². The minimum Gasteiger partial charge on any atom is -0.437 e. The first-order chi connectivity index (χ1) is 9.06. The third-order valence-corrected chi connectivity index (χ3v) is 3.07. The average Bonchev–Trinajstić information content (AvgIpc) is 2.35. The fourth-order valence-corrected chi connectivity index (χ4v) is 1.98. The monoisotopic (exact) mass is 341 g/mol. The van der Waals surface area contributed by atoms with Crippen molar-refractivity contribution < 1.29 is 4.74 Å². The molecule has 4 nitrogen and oxygen atoms in total. The van der Waals surface area contributed by atoms with Gasteiger partial charge in [-0.1, -0.05) is 18.2 Å². The number of hydrogen-bond acceptors (Lipinski definition) is 4. The second kappa shape index (κ2) is 6.32. The van der Waals surface area contributed by atoms with Crippen LogP contribution in [0.5, 0.6) is 11.6 Å². The van der Waals surface area contributed by atoms with E-state index in [1.165, 1.54) is 0 Å². The Labute approximate surface area is 125 Å². The third kappa shape index (κ3) is 3.89. The molecule has 0 amide bonds. The first kappa shape index (κ1) is 14.2. The summed E-state index contributed by atoms with van der Waals surface area (Å²) in [5.41, 5.74) is 1.08. The predicted octanol–water partition coefficient (Wildman–Crippen LogP) is 3.75. The highest BCUT2D eigenvalue weighted by Gasteiger charge is 2.10. The van der Waals surface area contributed by atoms with Crippen molar-refractivity contribution in [1.82, 2.24) is 14.9 Å². The average molecular weight is 343 g/mol. The van der Waals surface area contributed by atoms with Crippen molar-refractivity contribution in [2.45, 2.75) is 6.54 Å². The summed E-state index contributed by atoms with van der Waals surface area (Å²) in [6.45, 7) is 0.784. The Morgan fingerprint density at radius 1 is 1.32 bits per heavy atom. The van der Waals surface area contributed by atoms with Crippen molar-refractivity contribution >= 4 is 27.5 Å². The molecule has 1 aromatic heterocycles. The van der Waals surface area contributed by atoms with Gasteiger partial charge in [-0.3, -0.25) is 0 Å². The SMILES string of the molecule is CN(C)Cc1ccccc1Oc1nc(Cl)ncc1Br. The van der Waals surface area contributed by atoms with Crippen LogP contribution in [0.3, 0.4) is 0 Å².